The molecule has 0 aromatic carbocycles. The van der Waals surface area contributed by atoms with Crippen LogP contribution >= 0.6 is 0 Å². The van der Waals surface area contributed by atoms with Crippen LogP contribution in [0.5, 0.6) is 0 Å². The second-order valence-corrected chi connectivity index (χ2v) is 14.2. The van der Waals surface area contributed by atoms with E-state index in [0.29, 0.717) is 5.70 Å². The Morgan fingerprint density at radius 3 is 2.04 bits per heavy atom. The fourth-order valence-electron chi connectivity index (χ4n) is 2.61. The number of nitrogens with zero attached hydrogens (tertiary/aromatic N) is 1. The van der Waals surface area contributed by atoms with Crippen LogP contribution in [0.2, 0.25) is 18.1 Å². The van der Waals surface area contributed by atoms with E-state index in [4.69, 9.17) is 13.9 Å². The lowest BCUT2D eigenvalue weighted by Gasteiger charge is -2.51. The van der Waals surface area contributed by atoms with Gasteiger partial charge in [-0.25, -0.2) is 9.69 Å². The van der Waals surface area contributed by atoms with Crippen molar-refractivity contribution in [1.82, 2.24) is 4.90 Å². The SMILES string of the molecule is C=C1[C@H]([C@H](C)O[Si](C)(C)C(C)(C)C)[C@@H](OC(C)=O)N1C(=O)OC(C)(C)C. The normalized spacial score (nSPS) is 22.5. The first kappa shape index (κ1) is 22.7. The van der Waals surface area contributed by atoms with E-state index in [1.165, 1.54) is 11.8 Å². The van der Waals surface area contributed by atoms with Crippen LogP contribution in [0.25, 0.3) is 0 Å². The highest BCUT2D eigenvalue weighted by atomic mass is 28.4. The first-order chi connectivity index (χ1) is 11.5. The first-order valence-corrected chi connectivity index (χ1v) is 11.9. The molecule has 7 heteroatoms. The van der Waals surface area contributed by atoms with E-state index in [-0.39, 0.29) is 17.1 Å². The minimum absolute atomic E-state index is 0.0497. The van der Waals surface area contributed by atoms with Crippen LogP contribution in [-0.2, 0) is 18.7 Å². The summed E-state index contributed by atoms with van der Waals surface area (Å²) in [6.07, 6.45) is -1.55. The molecule has 0 spiro atoms. The van der Waals surface area contributed by atoms with E-state index in [9.17, 15) is 9.59 Å². The van der Waals surface area contributed by atoms with E-state index in [1.807, 2.05) is 6.92 Å². The number of amides is 1. The second-order valence-electron chi connectivity index (χ2n) is 9.45. The largest absolute Gasteiger partial charge is 0.443 e. The number of carbonyl (C=O) groups is 2. The van der Waals surface area contributed by atoms with Gasteiger partial charge in [-0.15, -0.1) is 0 Å². The van der Waals surface area contributed by atoms with Crippen molar-refractivity contribution in [3.8, 4) is 0 Å². The van der Waals surface area contributed by atoms with Crippen LogP contribution in [0.3, 0.4) is 0 Å². The van der Waals surface area contributed by atoms with E-state index in [2.05, 4.69) is 40.4 Å². The Labute approximate surface area is 159 Å². The molecule has 0 unspecified atom stereocenters. The molecule has 0 radical (unpaired) electrons. The summed E-state index contributed by atoms with van der Waals surface area (Å²) >= 11 is 0. The quantitative estimate of drug-likeness (QED) is 0.520. The van der Waals surface area contributed by atoms with Gasteiger partial charge < -0.3 is 13.9 Å². The lowest BCUT2D eigenvalue weighted by Crippen LogP contribution is -2.63. The Hall–Kier alpha value is -1.34. The van der Waals surface area contributed by atoms with Crippen LogP contribution in [0.15, 0.2) is 12.3 Å². The number of hydrogen-bond donors (Lipinski definition) is 0. The van der Waals surface area contributed by atoms with Gasteiger partial charge in [-0.3, -0.25) is 4.79 Å². The molecule has 26 heavy (non-hydrogen) atoms. The maximum absolute atomic E-state index is 12.5. The Balaban J connectivity index is 2.99. The molecular weight excluding hydrogens is 350 g/mol. The molecule has 1 fully saturated rings. The molecule has 150 valence electrons. The van der Waals surface area contributed by atoms with E-state index >= 15 is 0 Å². The Bertz CT molecular complexity index is 573. The highest BCUT2D eigenvalue weighted by molar-refractivity contribution is 6.74. The molecule has 0 aromatic rings. The minimum Gasteiger partial charge on any atom is -0.443 e. The maximum Gasteiger partial charge on any atom is 0.417 e. The Kier molecular flexibility index (Phi) is 6.41. The Morgan fingerprint density at radius 2 is 1.65 bits per heavy atom. The summed E-state index contributed by atoms with van der Waals surface area (Å²) in [5.74, 6) is -0.735. The smallest absolute Gasteiger partial charge is 0.417 e. The molecule has 0 aliphatic carbocycles. The molecule has 1 rings (SSSR count). The molecule has 0 N–H and O–H groups in total. The third-order valence-electron chi connectivity index (χ3n) is 4.93. The van der Waals surface area contributed by atoms with Crippen molar-refractivity contribution >= 4 is 20.4 Å². The van der Waals surface area contributed by atoms with Gasteiger partial charge in [0.05, 0.1) is 12.0 Å². The molecule has 1 heterocycles. The van der Waals surface area contributed by atoms with Crippen molar-refractivity contribution in [2.45, 2.75) is 91.5 Å². The summed E-state index contributed by atoms with van der Waals surface area (Å²) in [6.45, 7) is 23.5. The molecule has 1 saturated heterocycles. The molecule has 0 bridgehead atoms. The molecule has 6 nitrogen and oxygen atoms in total. The van der Waals surface area contributed by atoms with Gasteiger partial charge in [-0.1, -0.05) is 27.4 Å². The summed E-state index contributed by atoms with van der Waals surface area (Å²) in [6, 6.07) is 0. The fraction of sp³-hybridized carbons (Fsp3) is 0.789. The number of ether oxygens (including phenoxy) is 2. The average Bonchev–Trinajstić information content (AvgIpc) is 2.32. The zero-order valence-corrected chi connectivity index (χ0v) is 18.9. The summed E-state index contributed by atoms with van der Waals surface area (Å²) in [5.41, 5.74) is -0.0938. The third kappa shape index (κ3) is 5.10. The minimum atomic E-state index is -2.02. The molecule has 1 aliphatic rings. The van der Waals surface area contributed by atoms with Crippen molar-refractivity contribution < 1.29 is 23.5 Å². The van der Waals surface area contributed by atoms with Gasteiger partial charge in [-0.05, 0) is 45.8 Å². The van der Waals surface area contributed by atoms with Crippen LogP contribution in [0.1, 0.15) is 55.4 Å². The van der Waals surface area contributed by atoms with Gasteiger partial charge in [-0.2, -0.15) is 0 Å². The predicted molar refractivity (Wildman–Crippen MR) is 104 cm³/mol. The molecule has 1 aliphatic heterocycles. The number of carbonyl (C=O) groups excluding carboxylic acids is 2. The zero-order valence-electron chi connectivity index (χ0n) is 17.9. The van der Waals surface area contributed by atoms with Crippen molar-refractivity contribution in [3.05, 3.63) is 12.3 Å². The van der Waals surface area contributed by atoms with Gasteiger partial charge in [0.15, 0.2) is 14.5 Å². The van der Waals surface area contributed by atoms with Crippen LogP contribution in [0.4, 0.5) is 4.79 Å². The Morgan fingerprint density at radius 1 is 1.15 bits per heavy atom. The molecule has 0 saturated carbocycles. The molecular formula is C19H35NO5Si. The predicted octanol–water partition coefficient (Wildman–Crippen LogP) is 4.67. The molecule has 1 amide bonds. The first-order valence-electron chi connectivity index (χ1n) is 9.04. The van der Waals surface area contributed by atoms with Crippen molar-refractivity contribution in [1.29, 1.82) is 0 Å². The van der Waals surface area contributed by atoms with E-state index in [0.717, 1.165) is 0 Å². The topological polar surface area (TPSA) is 65.1 Å². The van der Waals surface area contributed by atoms with Crippen LogP contribution in [-0.4, -0.2) is 43.2 Å². The monoisotopic (exact) mass is 385 g/mol. The van der Waals surface area contributed by atoms with Gasteiger partial charge in [0.25, 0.3) is 0 Å². The van der Waals surface area contributed by atoms with Crippen LogP contribution < -0.4 is 0 Å². The number of likely N-dealkylation sites (tertiary alicyclic amines) is 1. The van der Waals surface area contributed by atoms with Gasteiger partial charge in [0.1, 0.15) is 5.60 Å². The highest BCUT2D eigenvalue weighted by Crippen LogP contribution is 2.44. The number of rotatable bonds is 4. The van der Waals surface area contributed by atoms with Gasteiger partial charge in [0, 0.05) is 12.6 Å². The van der Waals surface area contributed by atoms with Crippen LogP contribution in [0, 0.1) is 5.92 Å². The third-order valence-corrected chi connectivity index (χ3v) is 9.50. The van der Waals surface area contributed by atoms with Crippen molar-refractivity contribution in [3.63, 3.8) is 0 Å². The maximum atomic E-state index is 12.5. The zero-order chi connectivity index (χ0) is 20.7. The number of hydrogen-bond acceptors (Lipinski definition) is 5. The second kappa shape index (κ2) is 7.35. The summed E-state index contributed by atoms with van der Waals surface area (Å²) in [7, 11) is -2.02. The van der Waals surface area contributed by atoms with Crippen molar-refractivity contribution in [2.75, 3.05) is 0 Å². The standard InChI is InChI=1S/C19H35NO5Si/c1-12-15(13(2)25-26(10,11)19(7,8)9)16(23-14(3)21)20(12)17(22)24-18(4,5)6/h13,15-16H,1H2,2-11H3/t13-,15+,16+/m0/s1. The van der Waals surface area contributed by atoms with Crippen molar-refractivity contribution in [2.24, 2.45) is 5.92 Å². The van der Waals surface area contributed by atoms with E-state index < -0.39 is 32.2 Å². The fourth-order valence-corrected chi connectivity index (χ4v) is 4.04. The molecule has 3 atom stereocenters. The van der Waals surface area contributed by atoms with Gasteiger partial charge in [0.2, 0.25) is 0 Å². The molecule has 0 aromatic heterocycles. The van der Waals surface area contributed by atoms with E-state index in [1.54, 1.807) is 20.8 Å². The average molecular weight is 386 g/mol. The number of esters is 1. The summed E-state index contributed by atoms with van der Waals surface area (Å²) in [4.78, 5) is 25.3. The van der Waals surface area contributed by atoms with Gasteiger partial charge >= 0.3 is 12.1 Å². The lowest BCUT2D eigenvalue weighted by molar-refractivity contribution is -0.176. The lowest BCUT2D eigenvalue weighted by atomic mass is 9.88. The summed E-state index contributed by atoms with van der Waals surface area (Å²) in [5, 5.41) is 0.0497. The highest BCUT2D eigenvalue weighted by Gasteiger charge is 2.54. The summed E-state index contributed by atoms with van der Waals surface area (Å²) < 4.78 is 17.2.